The minimum Gasteiger partial charge on any atom is -0.387 e. The van der Waals surface area contributed by atoms with E-state index in [4.69, 9.17) is 4.74 Å². The second-order valence-corrected chi connectivity index (χ2v) is 8.26. The lowest BCUT2D eigenvalue weighted by Gasteiger charge is -2.26. The minimum atomic E-state index is -1.76. The van der Waals surface area contributed by atoms with E-state index in [2.05, 4.69) is 20.3 Å². The van der Waals surface area contributed by atoms with Gasteiger partial charge in [0.1, 0.15) is 18.0 Å². The van der Waals surface area contributed by atoms with Gasteiger partial charge >= 0.3 is 0 Å². The number of ether oxygens (including phenoxy) is 1. The first-order chi connectivity index (χ1) is 14.4. The van der Waals surface area contributed by atoms with Crippen LogP contribution in [0.3, 0.4) is 0 Å². The number of alkyl halides is 1. The molecule has 3 aliphatic rings. The summed E-state index contributed by atoms with van der Waals surface area (Å²) in [5.41, 5.74) is -1.94. The van der Waals surface area contributed by atoms with E-state index in [1.165, 1.54) is 17.2 Å². The molecule has 2 saturated carbocycles. The molecular weight excluding hydrogens is 393 g/mol. The van der Waals surface area contributed by atoms with Crippen LogP contribution in [0.4, 0.5) is 10.2 Å². The molecule has 10 heteroatoms. The number of rotatable bonds is 3. The van der Waals surface area contributed by atoms with E-state index < -0.39 is 29.7 Å². The largest absolute Gasteiger partial charge is 0.387 e. The highest BCUT2D eigenvalue weighted by molar-refractivity contribution is 6.06. The van der Waals surface area contributed by atoms with E-state index in [1.54, 1.807) is 30.3 Å². The van der Waals surface area contributed by atoms with E-state index in [0.717, 1.165) is 0 Å². The molecule has 3 N–H and O–H groups in total. The van der Waals surface area contributed by atoms with Crippen molar-refractivity contribution in [2.24, 2.45) is 5.92 Å². The van der Waals surface area contributed by atoms with E-state index >= 15 is 4.39 Å². The molecule has 9 nitrogen and oxygen atoms in total. The third kappa shape index (κ3) is 2.26. The van der Waals surface area contributed by atoms with Crippen LogP contribution >= 0.6 is 0 Å². The Bertz CT molecular complexity index is 1170. The summed E-state index contributed by atoms with van der Waals surface area (Å²) in [5.74, 6) is -0.314. The number of amides is 1. The first-order valence-electron chi connectivity index (χ1n) is 9.70. The average Bonchev–Trinajstić information content (AvgIpc) is 3.02. The number of carbonyl (C=O) groups excluding carboxylic acids is 1. The summed E-state index contributed by atoms with van der Waals surface area (Å²) in [4.78, 5) is 25.0. The maximum absolute atomic E-state index is 15.3. The van der Waals surface area contributed by atoms with Crippen molar-refractivity contribution in [3.63, 3.8) is 0 Å². The number of anilines is 1. The van der Waals surface area contributed by atoms with Crippen molar-refractivity contribution in [1.82, 2.24) is 19.5 Å². The van der Waals surface area contributed by atoms with Gasteiger partial charge in [0.2, 0.25) is 0 Å². The quantitative estimate of drug-likeness (QED) is 0.592. The third-order valence-corrected chi connectivity index (χ3v) is 6.51. The second kappa shape index (κ2) is 5.81. The fraction of sp³-hybridized carbons (Fsp3) is 0.400. The zero-order valence-corrected chi connectivity index (χ0v) is 15.6. The van der Waals surface area contributed by atoms with Gasteiger partial charge in [0.25, 0.3) is 5.91 Å². The van der Waals surface area contributed by atoms with Gasteiger partial charge in [-0.1, -0.05) is 18.2 Å². The molecule has 30 heavy (non-hydrogen) atoms. The van der Waals surface area contributed by atoms with Gasteiger partial charge < -0.3 is 20.3 Å². The highest BCUT2D eigenvalue weighted by Gasteiger charge is 2.78. The monoisotopic (exact) mass is 411 g/mol. The molecule has 0 radical (unpaired) electrons. The molecule has 3 aromatic rings. The van der Waals surface area contributed by atoms with Crippen molar-refractivity contribution in [3.05, 3.63) is 48.5 Å². The molecule has 1 amide bonds. The normalized spacial score (nSPS) is 36.5. The van der Waals surface area contributed by atoms with Crippen molar-refractivity contribution in [2.45, 2.75) is 42.5 Å². The fourth-order valence-electron chi connectivity index (χ4n) is 4.89. The van der Waals surface area contributed by atoms with Gasteiger partial charge in [-0.15, -0.1) is 0 Å². The van der Waals surface area contributed by atoms with E-state index in [1.807, 2.05) is 0 Å². The summed E-state index contributed by atoms with van der Waals surface area (Å²) in [6, 6.07) is 8.64. The number of carbonyl (C=O) groups is 1. The van der Waals surface area contributed by atoms with Gasteiger partial charge in [-0.25, -0.2) is 19.3 Å². The SMILES string of the molecule is O=C(Nc1ncnc2c1ncn2[C@@H]1O[C@@H]2[C@@]3(O)C[C@H]3C[C@]2(O)[C@@H]1F)c1ccccc1. The topological polar surface area (TPSA) is 122 Å². The maximum Gasteiger partial charge on any atom is 0.256 e. The van der Waals surface area contributed by atoms with Crippen LogP contribution in [0.2, 0.25) is 0 Å². The van der Waals surface area contributed by atoms with Crippen molar-refractivity contribution in [1.29, 1.82) is 0 Å². The van der Waals surface area contributed by atoms with Crippen LogP contribution in [-0.4, -0.2) is 59.1 Å². The van der Waals surface area contributed by atoms with Crippen LogP contribution in [0, 0.1) is 5.92 Å². The van der Waals surface area contributed by atoms with Gasteiger partial charge in [-0.2, -0.15) is 0 Å². The lowest BCUT2D eigenvalue weighted by Crippen LogP contribution is -2.47. The van der Waals surface area contributed by atoms with Crippen molar-refractivity contribution >= 4 is 22.9 Å². The summed E-state index contributed by atoms with van der Waals surface area (Å²) >= 11 is 0. The van der Waals surface area contributed by atoms with Crippen LogP contribution in [-0.2, 0) is 4.74 Å². The number of fused-ring (bicyclic) bond motifs is 4. The summed E-state index contributed by atoms with van der Waals surface area (Å²) in [5, 5.41) is 24.1. The first-order valence-corrected chi connectivity index (χ1v) is 9.70. The molecule has 2 aliphatic carbocycles. The van der Waals surface area contributed by atoms with E-state index in [0.29, 0.717) is 12.0 Å². The standard InChI is InChI=1S/C20H18FN5O4/c21-13-17(30-18-19(28)6-11(19)7-20(13,18)29)26-9-24-12-14(22-8-23-15(12)26)25-16(27)10-4-2-1-3-5-10/h1-5,8-9,11,13,17-18,28-29H,6-7H2,(H,22,23,25,27)/t11-,13+,17+,18+,19+,20-/m0/s1. The van der Waals surface area contributed by atoms with Crippen LogP contribution in [0.5, 0.6) is 0 Å². The average molecular weight is 411 g/mol. The maximum atomic E-state index is 15.3. The predicted octanol–water partition coefficient (Wildman–Crippen LogP) is 1.20. The predicted molar refractivity (Wildman–Crippen MR) is 101 cm³/mol. The summed E-state index contributed by atoms with van der Waals surface area (Å²) < 4.78 is 22.4. The summed E-state index contributed by atoms with van der Waals surface area (Å²) in [6.45, 7) is 0. The first kappa shape index (κ1) is 17.9. The molecule has 0 spiro atoms. The van der Waals surface area contributed by atoms with Crippen LogP contribution in [0.1, 0.15) is 29.4 Å². The highest BCUT2D eigenvalue weighted by Crippen LogP contribution is 2.66. The van der Waals surface area contributed by atoms with Crippen LogP contribution in [0.15, 0.2) is 43.0 Å². The van der Waals surface area contributed by atoms with Gasteiger partial charge in [0.05, 0.1) is 11.9 Å². The number of nitrogens with one attached hydrogen (secondary N) is 1. The lowest BCUT2D eigenvalue weighted by molar-refractivity contribution is -0.107. The van der Waals surface area contributed by atoms with Crippen LogP contribution in [0.25, 0.3) is 11.2 Å². The summed E-state index contributed by atoms with van der Waals surface area (Å²) in [7, 11) is 0. The number of halogens is 1. The number of aromatic nitrogens is 4. The van der Waals surface area contributed by atoms with Gasteiger partial charge in [0.15, 0.2) is 29.4 Å². The third-order valence-electron chi connectivity index (χ3n) is 6.51. The molecule has 1 saturated heterocycles. The van der Waals surface area contributed by atoms with Crippen LogP contribution < -0.4 is 5.32 Å². The molecule has 6 atom stereocenters. The number of hydrogen-bond acceptors (Lipinski definition) is 7. The molecule has 2 aromatic heterocycles. The van der Waals surface area contributed by atoms with Crippen molar-refractivity contribution < 1.29 is 24.1 Å². The van der Waals surface area contributed by atoms with Crippen molar-refractivity contribution in [3.8, 4) is 0 Å². The zero-order valence-electron chi connectivity index (χ0n) is 15.6. The van der Waals surface area contributed by atoms with E-state index in [-0.39, 0.29) is 35.2 Å². The van der Waals surface area contributed by atoms with Gasteiger partial charge in [-0.05, 0) is 30.9 Å². The van der Waals surface area contributed by atoms with Gasteiger partial charge in [-0.3, -0.25) is 9.36 Å². The number of hydrogen-bond donors (Lipinski definition) is 3. The minimum absolute atomic E-state index is 0.131. The molecule has 154 valence electrons. The Morgan fingerprint density at radius 2 is 1.93 bits per heavy atom. The molecule has 0 bridgehead atoms. The van der Waals surface area contributed by atoms with Crippen molar-refractivity contribution in [2.75, 3.05) is 5.32 Å². The Hall–Kier alpha value is -2.95. The number of imidazole rings is 1. The fourth-order valence-corrected chi connectivity index (χ4v) is 4.89. The highest BCUT2D eigenvalue weighted by atomic mass is 19.1. The van der Waals surface area contributed by atoms with Gasteiger partial charge in [0, 0.05) is 5.56 Å². The summed E-state index contributed by atoms with van der Waals surface area (Å²) in [6.07, 6.45) is -0.700. The number of nitrogens with zero attached hydrogens (tertiary/aromatic N) is 4. The second-order valence-electron chi connectivity index (χ2n) is 8.26. The molecule has 3 heterocycles. The Labute approximate surface area is 169 Å². The Kier molecular flexibility index (Phi) is 3.46. The Morgan fingerprint density at radius 3 is 2.70 bits per heavy atom. The molecule has 0 unspecified atom stereocenters. The smallest absolute Gasteiger partial charge is 0.256 e. The molecular formula is C20H18FN5O4. The zero-order chi connectivity index (χ0) is 20.7. The lowest BCUT2D eigenvalue weighted by atomic mass is 9.91. The Morgan fingerprint density at radius 1 is 1.17 bits per heavy atom. The Balaban J connectivity index is 1.33. The molecule has 6 rings (SSSR count). The number of benzene rings is 1. The van der Waals surface area contributed by atoms with E-state index in [9.17, 15) is 15.0 Å². The number of aliphatic hydroxyl groups is 2. The molecule has 1 aliphatic heterocycles. The molecule has 3 fully saturated rings. The molecule has 1 aromatic carbocycles.